The highest BCUT2D eigenvalue weighted by Gasteiger charge is 2.15. The quantitative estimate of drug-likeness (QED) is 0.816. The monoisotopic (exact) mass is 333 g/mol. The molecule has 2 aromatic rings. The average molecular weight is 333 g/mol. The van der Waals surface area contributed by atoms with E-state index in [9.17, 15) is 8.42 Å². The van der Waals surface area contributed by atoms with Crippen molar-refractivity contribution in [3.05, 3.63) is 48.1 Å². The minimum absolute atomic E-state index is 0.246. The zero-order chi connectivity index (χ0) is 16.3. The van der Waals surface area contributed by atoms with E-state index < -0.39 is 10.0 Å². The number of hydrogen-bond acceptors (Lipinski definition) is 5. The smallest absolute Gasteiger partial charge is 0.240 e. The van der Waals surface area contributed by atoms with Crippen molar-refractivity contribution >= 4 is 10.0 Å². The molecule has 122 valence electrons. The molecule has 0 bridgehead atoms. The molecule has 23 heavy (non-hydrogen) atoms. The summed E-state index contributed by atoms with van der Waals surface area (Å²) in [4.78, 5) is 4.47. The summed E-state index contributed by atoms with van der Waals surface area (Å²) in [7, 11) is -3.51. The van der Waals surface area contributed by atoms with Crippen LogP contribution in [0, 0.1) is 6.92 Å². The van der Waals surface area contributed by atoms with Crippen LogP contribution in [0.1, 0.15) is 12.3 Å². The minimum atomic E-state index is -3.51. The van der Waals surface area contributed by atoms with Gasteiger partial charge >= 0.3 is 0 Å². The summed E-state index contributed by atoms with van der Waals surface area (Å²) < 4.78 is 32.5. The summed E-state index contributed by atoms with van der Waals surface area (Å²) in [5.74, 6) is 0.577. The minimum Gasteiger partial charge on any atom is -0.449 e. The van der Waals surface area contributed by atoms with Gasteiger partial charge in [-0.15, -0.1) is 0 Å². The normalized spacial score (nSPS) is 15.4. The van der Waals surface area contributed by atoms with Gasteiger partial charge in [0.15, 0.2) is 5.89 Å². The Bertz CT molecular complexity index is 807. The van der Waals surface area contributed by atoms with Crippen molar-refractivity contribution in [1.82, 2.24) is 15.0 Å². The summed E-state index contributed by atoms with van der Waals surface area (Å²) in [6, 6.07) is 6.63. The van der Waals surface area contributed by atoms with Crippen LogP contribution in [0.25, 0.3) is 11.3 Å². The fraction of sp³-hybridized carbons (Fsp3) is 0.312. The van der Waals surface area contributed by atoms with Gasteiger partial charge in [0.2, 0.25) is 10.0 Å². The highest BCUT2D eigenvalue weighted by atomic mass is 32.2. The molecular formula is C16H19N3O3S. The molecule has 0 radical (unpaired) electrons. The van der Waals surface area contributed by atoms with Crippen LogP contribution in [-0.2, 0) is 10.0 Å². The molecule has 1 aliphatic heterocycles. The lowest BCUT2D eigenvalue weighted by molar-refractivity contribution is 0.521. The number of benzene rings is 1. The van der Waals surface area contributed by atoms with Gasteiger partial charge in [-0.1, -0.05) is 23.8 Å². The van der Waals surface area contributed by atoms with Gasteiger partial charge in [-0.2, -0.15) is 0 Å². The molecule has 0 amide bonds. The van der Waals surface area contributed by atoms with Crippen molar-refractivity contribution in [2.24, 2.45) is 0 Å². The first kappa shape index (κ1) is 15.9. The molecule has 2 N–H and O–H groups in total. The largest absolute Gasteiger partial charge is 0.449 e. The molecule has 0 fully saturated rings. The van der Waals surface area contributed by atoms with Gasteiger partial charge in [0.25, 0.3) is 0 Å². The van der Waals surface area contributed by atoms with E-state index in [0.717, 1.165) is 30.6 Å². The Morgan fingerprint density at radius 1 is 1.30 bits per heavy atom. The number of oxazole rings is 1. The molecule has 7 heteroatoms. The van der Waals surface area contributed by atoms with Gasteiger partial charge in [-0.3, -0.25) is 0 Å². The third-order valence-electron chi connectivity index (χ3n) is 3.73. The van der Waals surface area contributed by atoms with Crippen molar-refractivity contribution in [2.45, 2.75) is 18.2 Å². The zero-order valence-electron chi connectivity index (χ0n) is 12.9. The average Bonchev–Trinajstić information content (AvgIpc) is 3.01. The molecule has 2 heterocycles. The molecule has 3 rings (SSSR count). The van der Waals surface area contributed by atoms with Crippen LogP contribution >= 0.6 is 0 Å². The van der Waals surface area contributed by atoms with E-state index in [2.05, 4.69) is 15.0 Å². The number of nitrogens with one attached hydrogen (secondary N) is 2. The van der Waals surface area contributed by atoms with Crippen LogP contribution in [0.3, 0.4) is 0 Å². The molecule has 1 aromatic heterocycles. The standard InChI is InChI=1S/C16H19N3O3S/c1-12-19-16(11-22-12)14-2-4-15(5-3-14)23(20,21)18-10-13-6-8-17-9-7-13/h2-6,11,17-18H,7-10H2,1H3. The Hall–Kier alpha value is -1.96. The molecule has 0 saturated carbocycles. The van der Waals surface area contributed by atoms with Crippen LogP contribution in [-0.4, -0.2) is 33.0 Å². The maximum Gasteiger partial charge on any atom is 0.240 e. The van der Waals surface area contributed by atoms with E-state index in [-0.39, 0.29) is 4.90 Å². The summed E-state index contributed by atoms with van der Waals surface area (Å²) in [5, 5.41) is 3.20. The van der Waals surface area contributed by atoms with E-state index in [0.29, 0.717) is 18.1 Å². The highest BCUT2D eigenvalue weighted by molar-refractivity contribution is 7.89. The third kappa shape index (κ3) is 3.87. The van der Waals surface area contributed by atoms with E-state index in [1.165, 1.54) is 0 Å². The Labute approximate surface area is 135 Å². The first-order valence-electron chi connectivity index (χ1n) is 7.45. The van der Waals surface area contributed by atoms with E-state index in [1.54, 1.807) is 37.5 Å². The number of hydrogen-bond donors (Lipinski definition) is 2. The second-order valence-electron chi connectivity index (χ2n) is 5.42. The van der Waals surface area contributed by atoms with E-state index in [1.807, 2.05) is 6.08 Å². The van der Waals surface area contributed by atoms with Crippen LogP contribution < -0.4 is 10.0 Å². The van der Waals surface area contributed by atoms with Crippen molar-refractivity contribution in [1.29, 1.82) is 0 Å². The molecule has 0 atom stereocenters. The number of nitrogens with zero attached hydrogens (tertiary/aromatic N) is 1. The van der Waals surface area contributed by atoms with Gasteiger partial charge in [-0.05, 0) is 25.1 Å². The molecule has 0 unspecified atom stereocenters. The molecule has 0 saturated heterocycles. The van der Waals surface area contributed by atoms with E-state index >= 15 is 0 Å². The lowest BCUT2D eigenvalue weighted by atomic mass is 10.1. The fourth-order valence-corrected chi connectivity index (χ4v) is 3.44. The second-order valence-corrected chi connectivity index (χ2v) is 7.18. The predicted molar refractivity (Wildman–Crippen MR) is 87.4 cm³/mol. The van der Waals surface area contributed by atoms with Gasteiger partial charge in [0, 0.05) is 25.6 Å². The fourth-order valence-electron chi connectivity index (χ4n) is 2.40. The number of aryl methyl sites for hydroxylation is 1. The first-order valence-corrected chi connectivity index (χ1v) is 8.94. The van der Waals surface area contributed by atoms with Crippen molar-refractivity contribution in [2.75, 3.05) is 19.6 Å². The molecule has 1 aliphatic rings. The number of sulfonamides is 1. The summed E-state index contributed by atoms with van der Waals surface area (Å²) in [6.45, 7) is 3.80. The predicted octanol–water partition coefficient (Wildman–Crippen LogP) is 1.85. The Morgan fingerprint density at radius 3 is 2.70 bits per heavy atom. The topological polar surface area (TPSA) is 84.2 Å². The Morgan fingerprint density at radius 2 is 2.09 bits per heavy atom. The lowest BCUT2D eigenvalue weighted by Crippen LogP contribution is -2.29. The molecule has 1 aromatic carbocycles. The van der Waals surface area contributed by atoms with Gasteiger partial charge in [-0.25, -0.2) is 18.1 Å². The number of rotatable bonds is 5. The van der Waals surface area contributed by atoms with Gasteiger partial charge < -0.3 is 9.73 Å². The summed E-state index contributed by atoms with van der Waals surface area (Å²) in [5.41, 5.74) is 2.63. The van der Waals surface area contributed by atoms with Crippen molar-refractivity contribution in [3.63, 3.8) is 0 Å². The molecule has 0 aliphatic carbocycles. The van der Waals surface area contributed by atoms with Crippen LogP contribution in [0.4, 0.5) is 0 Å². The molecule has 6 nitrogen and oxygen atoms in total. The second kappa shape index (κ2) is 6.66. The maximum absolute atomic E-state index is 12.3. The Kier molecular flexibility index (Phi) is 4.61. The van der Waals surface area contributed by atoms with E-state index in [4.69, 9.17) is 4.42 Å². The number of aromatic nitrogens is 1. The lowest BCUT2D eigenvalue weighted by Gasteiger charge is -2.14. The Balaban J connectivity index is 1.71. The summed E-state index contributed by atoms with van der Waals surface area (Å²) >= 11 is 0. The SMILES string of the molecule is Cc1nc(-c2ccc(S(=O)(=O)NCC3=CCNCC3)cc2)co1. The molecular weight excluding hydrogens is 314 g/mol. The van der Waals surface area contributed by atoms with Gasteiger partial charge in [0.1, 0.15) is 12.0 Å². The molecule has 0 spiro atoms. The van der Waals surface area contributed by atoms with Gasteiger partial charge in [0.05, 0.1) is 4.90 Å². The van der Waals surface area contributed by atoms with Crippen LogP contribution in [0.2, 0.25) is 0 Å². The maximum atomic E-state index is 12.3. The highest BCUT2D eigenvalue weighted by Crippen LogP contribution is 2.20. The van der Waals surface area contributed by atoms with Crippen molar-refractivity contribution < 1.29 is 12.8 Å². The first-order chi connectivity index (χ1) is 11.0. The zero-order valence-corrected chi connectivity index (χ0v) is 13.7. The van der Waals surface area contributed by atoms with Crippen molar-refractivity contribution in [3.8, 4) is 11.3 Å². The van der Waals surface area contributed by atoms with Crippen LogP contribution in [0.5, 0.6) is 0 Å². The summed E-state index contributed by atoms with van der Waals surface area (Å²) in [6.07, 6.45) is 4.45. The van der Waals surface area contributed by atoms with Crippen LogP contribution in [0.15, 0.2) is 51.5 Å². The third-order valence-corrected chi connectivity index (χ3v) is 5.14.